The van der Waals surface area contributed by atoms with E-state index in [2.05, 4.69) is 0 Å². The molecule has 0 rings (SSSR count). The average Bonchev–Trinajstić information content (AvgIpc) is 2.34. The summed E-state index contributed by atoms with van der Waals surface area (Å²) < 4.78 is 25.7. The lowest BCUT2D eigenvalue weighted by Crippen LogP contribution is -2.15. The second-order valence-electron chi connectivity index (χ2n) is 3.75. The number of hydrogen-bond acceptors (Lipinski definition) is 6. The normalized spacial score (nSPS) is 12.8. The van der Waals surface area contributed by atoms with Crippen molar-refractivity contribution in [1.29, 1.82) is 0 Å². The van der Waals surface area contributed by atoms with Crippen molar-refractivity contribution in [2.45, 2.75) is 13.0 Å². The van der Waals surface area contributed by atoms with Gasteiger partial charge in [0.25, 0.3) is 0 Å². The first-order chi connectivity index (χ1) is 8.77. The van der Waals surface area contributed by atoms with Gasteiger partial charge in [-0.25, -0.2) is 0 Å². The number of hydrogen-bond donors (Lipinski definition) is 1. The average molecular weight is 266 g/mol. The minimum Gasteiger partial charge on any atom is -0.391 e. The van der Waals surface area contributed by atoms with Gasteiger partial charge in [0.1, 0.15) is 0 Å². The number of rotatable bonds is 14. The predicted octanol–water partition coefficient (Wildman–Crippen LogP) is 0.0800. The van der Waals surface area contributed by atoms with Crippen LogP contribution in [0.25, 0.3) is 0 Å². The summed E-state index contributed by atoms with van der Waals surface area (Å²) in [6.07, 6.45) is -0.425. The van der Waals surface area contributed by atoms with Crippen molar-refractivity contribution < 1.29 is 28.8 Å². The van der Waals surface area contributed by atoms with Crippen molar-refractivity contribution in [3.8, 4) is 0 Å². The van der Waals surface area contributed by atoms with E-state index in [9.17, 15) is 0 Å². The lowest BCUT2D eigenvalue weighted by molar-refractivity contribution is -0.0172. The quantitative estimate of drug-likeness (QED) is 0.449. The van der Waals surface area contributed by atoms with Crippen LogP contribution in [0.2, 0.25) is 0 Å². The lowest BCUT2D eigenvalue weighted by atomic mass is 10.4. The molecule has 0 bridgehead atoms. The van der Waals surface area contributed by atoms with Crippen molar-refractivity contribution in [2.75, 3.05) is 66.6 Å². The fourth-order valence-electron chi connectivity index (χ4n) is 1.06. The Hall–Kier alpha value is -0.240. The zero-order chi connectivity index (χ0) is 13.5. The smallest absolute Gasteiger partial charge is 0.0745 e. The molecule has 18 heavy (non-hydrogen) atoms. The Morgan fingerprint density at radius 1 is 0.722 bits per heavy atom. The molecule has 0 fully saturated rings. The van der Waals surface area contributed by atoms with E-state index in [4.69, 9.17) is 28.8 Å². The van der Waals surface area contributed by atoms with Gasteiger partial charge in [0, 0.05) is 7.11 Å². The van der Waals surface area contributed by atoms with Gasteiger partial charge >= 0.3 is 0 Å². The highest BCUT2D eigenvalue weighted by Crippen LogP contribution is 1.85. The Balaban J connectivity index is 2.90. The second kappa shape index (κ2) is 14.8. The van der Waals surface area contributed by atoms with E-state index in [1.165, 1.54) is 0 Å². The summed E-state index contributed by atoms with van der Waals surface area (Å²) in [6, 6.07) is 0. The van der Waals surface area contributed by atoms with E-state index >= 15 is 0 Å². The molecule has 0 amide bonds. The standard InChI is InChI=1S/C12H26O6/c1-12(13)11-18-10-9-17-8-7-16-6-5-15-4-3-14-2/h12-13H,3-11H2,1-2H3/t12-/m0/s1. The third-order valence-electron chi connectivity index (χ3n) is 1.91. The molecule has 0 saturated carbocycles. The molecule has 110 valence electrons. The molecule has 0 unspecified atom stereocenters. The van der Waals surface area contributed by atoms with Crippen LogP contribution in [0.3, 0.4) is 0 Å². The molecule has 0 aliphatic rings. The van der Waals surface area contributed by atoms with Crippen LogP contribution >= 0.6 is 0 Å². The molecule has 1 N–H and O–H groups in total. The van der Waals surface area contributed by atoms with E-state index in [1.54, 1.807) is 14.0 Å². The van der Waals surface area contributed by atoms with Gasteiger partial charge in [0.2, 0.25) is 0 Å². The third-order valence-corrected chi connectivity index (χ3v) is 1.91. The van der Waals surface area contributed by atoms with Gasteiger partial charge in [-0.15, -0.1) is 0 Å². The van der Waals surface area contributed by atoms with Crippen molar-refractivity contribution in [2.24, 2.45) is 0 Å². The van der Waals surface area contributed by atoms with Crippen LogP contribution in [0.1, 0.15) is 6.92 Å². The van der Waals surface area contributed by atoms with Crippen LogP contribution in [0.15, 0.2) is 0 Å². The van der Waals surface area contributed by atoms with Crippen molar-refractivity contribution in [3.05, 3.63) is 0 Å². The maximum absolute atomic E-state index is 8.92. The van der Waals surface area contributed by atoms with E-state index in [1.807, 2.05) is 0 Å². The zero-order valence-corrected chi connectivity index (χ0v) is 11.4. The number of aliphatic hydroxyl groups is 1. The monoisotopic (exact) mass is 266 g/mol. The topological polar surface area (TPSA) is 66.4 Å². The van der Waals surface area contributed by atoms with E-state index in [-0.39, 0.29) is 0 Å². The molecule has 0 aromatic rings. The van der Waals surface area contributed by atoms with Gasteiger partial charge < -0.3 is 28.8 Å². The Kier molecular flexibility index (Phi) is 14.6. The van der Waals surface area contributed by atoms with Crippen molar-refractivity contribution in [1.82, 2.24) is 0 Å². The maximum atomic E-state index is 8.92. The maximum Gasteiger partial charge on any atom is 0.0745 e. The minimum atomic E-state index is -0.425. The van der Waals surface area contributed by atoms with Crippen LogP contribution in [-0.2, 0) is 23.7 Å². The van der Waals surface area contributed by atoms with Gasteiger partial charge in [-0.05, 0) is 6.92 Å². The number of methoxy groups -OCH3 is 1. The summed E-state index contributed by atoms with van der Waals surface area (Å²) >= 11 is 0. The first-order valence-electron chi connectivity index (χ1n) is 6.25. The fraction of sp³-hybridized carbons (Fsp3) is 1.00. The van der Waals surface area contributed by atoms with Crippen molar-refractivity contribution in [3.63, 3.8) is 0 Å². The Labute approximate surface area is 109 Å². The van der Waals surface area contributed by atoms with Gasteiger partial charge in [-0.2, -0.15) is 0 Å². The SMILES string of the molecule is COCCOCCOCCOCCOC[C@H](C)O. The highest BCUT2D eigenvalue weighted by atomic mass is 16.6. The molecule has 6 nitrogen and oxygen atoms in total. The molecule has 0 aliphatic heterocycles. The first kappa shape index (κ1) is 17.8. The summed E-state index contributed by atoms with van der Waals surface area (Å²) in [5.41, 5.74) is 0. The lowest BCUT2D eigenvalue weighted by Gasteiger charge is -2.08. The summed E-state index contributed by atoms with van der Waals surface area (Å²) in [5, 5.41) is 8.92. The molecular formula is C12H26O6. The largest absolute Gasteiger partial charge is 0.391 e. The first-order valence-corrected chi connectivity index (χ1v) is 6.25. The Morgan fingerprint density at radius 3 is 1.50 bits per heavy atom. The molecule has 0 saturated heterocycles. The summed E-state index contributed by atoms with van der Waals surface area (Å²) in [5.74, 6) is 0. The predicted molar refractivity (Wildman–Crippen MR) is 66.8 cm³/mol. The fourth-order valence-corrected chi connectivity index (χ4v) is 1.06. The minimum absolute atomic E-state index is 0.346. The van der Waals surface area contributed by atoms with Crippen LogP contribution in [0.4, 0.5) is 0 Å². The molecule has 0 aromatic carbocycles. The molecular weight excluding hydrogens is 240 g/mol. The molecule has 0 radical (unpaired) electrons. The van der Waals surface area contributed by atoms with Gasteiger partial charge in [-0.1, -0.05) is 0 Å². The summed E-state index contributed by atoms with van der Waals surface area (Å²) in [6.45, 7) is 6.45. The molecule has 0 heterocycles. The zero-order valence-electron chi connectivity index (χ0n) is 11.4. The Bertz CT molecular complexity index is 154. The second-order valence-corrected chi connectivity index (χ2v) is 3.75. The third kappa shape index (κ3) is 15.8. The van der Waals surface area contributed by atoms with E-state index in [0.717, 1.165) is 0 Å². The molecule has 0 aromatic heterocycles. The van der Waals surface area contributed by atoms with Crippen LogP contribution in [-0.4, -0.2) is 77.8 Å². The van der Waals surface area contributed by atoms with E-state index in [0.29, 0.717) is 59.5 Å². The molecule has 6 heteroatoms. The highest BCUT2D eigenvalue weighted by Gasteiger charge is 1.95. The van der Waals surface area contributed by atoms with Crippen LogP contribution < -0.4 is 0 Å². The molecule has 0 spiro atoms. The van der Waals surface area contributed by atoms with Crippen molar-refractivity contribution >= 4 is 0 Å². The molecule has 1 atom stereocenters. The summed E-state index contributed by atoms with van der Waals surface area (Å²) in [7, 11) is 1.64. The van der Waals surface area contributed by atoms with Crippen LogP contribution in [0.5, 0.6) is 0 Å². The summed E-state index contributed by atoms with van der Waals surface area (Å²) in [4.78, 5) is 0. The number of aliphatic hydroxyl groups excluding tert-OH is 1. The van der Waals surface area contributed by atoms with Gasteiger partial charge in [0.15, 0.2) is 0 Å². The Morgan fingerprint density at radius 2 is 1.11 bits per heavy atom. The van der Waals surface area contributed by atoms with Crippen LogP contribution in [0, 0.1) is 0 Å². The van der Waals surface area contributed by atoms with E-state index < -0.39 is 6.10 Å². The molecule has 0 aliphatic carbocycles. The number of ether oxygens (including phenoxy) is 5. The highest BCUT2D eigenvalue weighted by molar-refractivity contribution is 4.41. The van der Waals surface area contributed by atoms with Gasteiger partial charge in [0.05, 0.1) is 65.6 Å². The van der Waals surface area contributed by atoms with Gasteiger partial charge in [-0.3, -0.25) is 0 Å².